The fourth-order valence-electron chi connectivity index (χ4n) is 5.17. The third-order valence-electron chi connectivity index (χ3n) is 6.95. The summed E-state index contributed by atoms with van der Waals surface area (Å²) in [5, 5.41) is 8.56. The average molecular weight is 455 g/mol. The summed E-state index contributed by atoms with van der Waals surface area (Å²) >= 11 is 0. The maximum absolute atomic E-state index is 12.8. The van der Waals surface area contributed by atoms with Crippen LogP contribution in [0.2, 0.25) is 0 Å². The smallest absolute Gasteiger partial charge is 0.280 e. The molecule has 1 aliphatic heterocycles. The topological polar surface area (TPSA) is 113 Å². The van der Waals surface area contributed by atoms with Crippen molar-refractivity contribution in [1.82, 2.24) is 39.0 Å². The summed E-state index contributed by atoms with van der Waals surface area (Å²) in [6.07, 6.45) is 6.79. The Bertz CT molecular complexity index is 1550. The van der Waals surface area contributed by atoms with Gasteiger partial charge in [-0.3, -0.25) is 9.36 Å². The molecule has 1 saturated carbocycles. The summed E-state index contributed by atoms with van der Waals surface area (Å²) < 4.78 is 10.5. The maximum Gasteiger partial charge on any atom is 0.280 e. The SMILES string of the molecule is Cn1cnc2ncn(Cc3nc([C@@H]4[C@@H]5CN(c6cccc(-n7cccn7)c6)C[C@@H]54)no3)c(=O)c21. The molecule has 4 aromatic heterocycles. The highest BCUT2D eigenvalue weighted by molar-refractivity contribution is 5.68. The molecule has 34 heavy (non-hydrogen) atoms. The van der Waals surface area contributed by atoms with Gasteiger partial charge in [-0.25, -0.2) is 14.6 Å². The highest BCUT2D eigenvalue weighted by Crippen LogP contribution is 2.57. The minimum Gasteiger partial charge on any atom is -0.371 e. The zero-order chi connectivity index (χ0) is 22.8. The van der Waals surface area contributed by atoms with E-state index in [9.17, 15) is 4.79 Å². The Balaban J connectivity index is 1.05. The van der Waals surface area contributed by atoms with Gasteiger partial charge in [0.2, 0.25) is 5.89 Å². The lowest BCUT2D eigenvalue weighted by Gasteiger charge is -2.22. The van der Waals surface area contributed by atoms with Crippen LogP contribution in [0.4, 0.5) is 5.69 Å². The third kappa shape index (κ3) is 2.96. The lowest BCUT2D eigenvalue weighted by atomic mass is 10.2. The predicted molar refractivity (Wildman–Crippen MR) is 122 cm³/mol. The number of fused-ring (bicyclic) bond motifs is 2. The van der Waals surface area contributed by atoms with E-state index >= 15 is 0 Å². The number of rotatable bonds is 5. The molecule has 0 radical (unpaired) electrons. The summed E-state index contributed by atoms with van der Waals surface area (Å²) in [5.41, 5.74) is 2.96. The Kier molecular flexibility index (Phi) is 4.02. The van der Waals surface area contributed by atoms with Crippen molar-refractivity contribution in [3.05, 3.63) is 77.4 Å². The van der Waals surface area contributed by atoms with E-state index < -0.39 is 0 Å². The molecule has 170 valence electrons. The number of aromatic nitrogens is 8. The average Bonchev–Trinajstić information content (AvgIpc) is 3.47. The molecule has 0 spiro atoms. The van der Waals surface area contributed by atoms with Crippen LogP contribution in [0, 0.1) is 11.8 Å². The van der Waals surface area contributed by atoms with Gasteiger partial charge in [-0.2, -0.15) is 10.1 Å². The number of hydrogen-bond acceptors (Lipinski definition) is 8. The Morgan fingerprint density at radius 3 is 2.74 bits per heavy atom. The summed E-state index contributed by atoms with van der Waals surface area (Å²) in [5.74, 6) is 2.46. The van der Waals surface area contributed by atoms with Gasteiger partial charge in [0.15, 0.2) is 17.0 Å². The molecular weight excluding hydrogens is 434 g/mol. The van der Waals surface area contributed by atoms with Crippen LogP contribution in [0.15, 0.2) is 64.7 Å². The molecule has 7 rings (SSSR count). The van der Waals surface area contributed by atoms with Gasteiger partial charge in [0.05, 0.1) is 12.0 Å². The van der Waals surface area contributed by atoms with Crippen LogP contribution < -0.4 is 10.5 Å². The molecule has 3 atom stereocenters. The number of anilines is 1. The molecule has 2 fully saturated rings. The molecule has 11 heteroatoms. The Hall–Kier alpha value is -4.28. The van der Waals surface area contributed by atoms with Crippen LogP contribution in [-0.2, 0) is 13.6 Å². The minimum absolute atomic E-state index is 0.180. The zero-order valence-corrected chi connectivity index (χ0v) is 18.4. The molecule has 1 aromatic carbocycles. The molecule has 0 amide bonds. The van der Waals surface area contributed by atoms with Crippen LogP contribution in [0.3, 0.4) is 0 Å². The first-order chi connectivity index (χ1) is 16.7. The second-order valence-electron chi connectivity index (χ2n) is 8.98. The molecule has 1 aliphatic carbocycles. The second kappa shape index (κ2) is 7.11. The number of aryl methyl sites for hydroxylation is 1. The lowest BCUT2D eigenvalue weighted by molar-refractivity contribution is 0.363. The lowest BCUT2D eigenvalue weighted by Crippen LogP contribution is -2.24. The molecule has 0 bridgehead atoms. The van der Waals surface area contributed by atoms with Crippen molar-refractivity contribution in [1.29, 1.82) is 0 Å². The van der Waals surface area contributed by atoms with Crippen molar-refractivity contribution >= 4 is 16.9 Å². The van der Waals surface area contributed by atoms with Gasteiger partial charge in [-0.05, 0) is 36.1 Å². The number of hydrogen-bond donors (Lipinski definition) is 0. The standard InChI is InChI=1S/C23H21N9O2/c1-29-12-24-22-20(29)23(33)31(13-25-22)11-18-27-21(28-34-18)19-16-9-30(10-17(16)19)14-4-2-5-15(8-14)32-7-3-6-26-32/h2-8,12-13,16-17,19H,9-11H2,1H3/t16-,17+,19-. The normalized spacial score (nSPS) is 21.3. The van der Waals surface area contributed by atoms with Crippen molar-refractivity contribution in [3.8, 4) is 5.69 Å². The van der Waals surface area contributed by atoms with E-state index in [2.05, 4.69) is 54.4 Å². The van der Waals surface area contributed by atoms with Crippen molar-refractivity contribution in [2.45, 2.75) is 12.5 Å². The molecule has 5 aromatic rings. The van der Waals surface area contributed by atoms with E-state index in [1.807, 2.05) is 16.9 Å². The van der Waals surface area contributed by atoms with E-state index in [0.29, 0.717) is 34.8 Å². The Morgan fingerprint density at radius 2 is 1.91 bits per heavy atom. The van der Waals surface area contributed by atoms with Crippen LogP contribution in [-0.4, -0.2) is 52.1 Å². The van der Waals surface area contributed by atoms with Gasteiger partial charge in [0.25, 0.3) is 5.56 Å². The number of piperidine rings is 1. The largest absolute Gasteiger partial charge is 0.371 e. The van der Waals surface area contributed by atoms with Gasteiger partial charge < -0.3 is 14.0 Å². The molecule has 2 aliphatic rings. The van der Waals surface area contributed by atoms with Gasteiger partial charge >= 0.3 is 0 Å². The molecule has 0 N–H and O–H groups in total. The van der Waals surface area contributed by atoms with Crippen molar-refractivity contribution in [2.24, 2.45) is 18.9 Å². The van der Waals surface area contributed by atoms with Crippen LogP contribution in [0.25, 0.3) is 16.9 Å². The van der Waals surface area contributed by atoms with E-state index in [4.69, 9.17) is 4.52 Å². The zero-order valence-electron chi connectivity index (χ0n) is 18.4. The first-order valence-corrected chi connectivity index (χ1v) is 11.2. The highest BCUT2D eigenvalue weighted by atomic mass is 16.5. The van der Waals surface area contributed by atoms with E-state index in [1.165, 1.54) is 16.6 Å². The first-order valence-electron chi connectivity index (χ1n) is 11.2. The van der Waals surface area contributed by atoms with Crippen LogP contribution in [0.1, 0.15) is 17.6 Å². The van der Waals surface area contributed by atoms with Crippen molar-refractivity contribution in [2.75, 3.05) is 18.0 Å². The predicted octanol–water partition coefficient (Wildman–Crippen LogP) is 1.60. The third-order valence-corrected chi connectivity index (χ3v) is 6.95. The summed E-state index contributed by atoms with van der Waals surface area (Å²) in [6.45, 7) is 2.11. The van der Waals surface area contributed by atoms with Gasteiger partial charge in [-0.15, -0.1) is 0 Å². The van der Waals surface area contributed by atoms with Crippen molar-refractivity contribution < 1.29 is 4.52 Å². The summed E-state index contributed by atoms with van der Waals surface area (Å²) in [7, 11) is 1.77. The maximum atomic E-state index is 12.8. The molecular formula is C23H21N9O2. The van der Waals surface area contributed by atoms with Gasteiger partial charge in [0.1, 0.15) is 12.9 Å². The number of nitrogens with zero attached hydrogens (tertiary/aromatic N) is 9. The highest BCUT2D eigenvalue weighted by Gasteiger charge is 2.58. The molecule has 1 saturated heterocycles. The fourth-order valence-corrected chi connectivity index (χ4v) is 5.17. The van der Waals surface area contributed by atoms with Crippen LogP contribution in [0.5, 0.6) is 0 Å². The number of benzene rings is 1. The molecule has 11 nitrogen and oxygen atoms in total. The quantitative estimate of drug-likeness (QED) is 0.393. The summed E-state index contributed by atoms with van der Waals surface area (Å²) in [6, 6.07) is 10.4. The molecule has 5 heterocycles. The second-order valence-corrected chi connectivity index (χ2v) is 8.98. The monoisotopic (exact) mass is 455 g/mol. The number of imidazole rings is 1. The summed E-state index contributed by atoms with van der Waals surface area (Å²) in [4.78, 5) is 28.1. The Labute approximate surface area is 193 Å². The fraction of sp³-hybridized carbons (Fsp3) is 0.304. The van der Waals surface area contributed by atoms with E-state index in [0.717, 1.165) is 24.6 Å². The van der Waals surface area contributed by atoms with E-state index in [1.54, 1.807) is 24.1 Å². The Morgan fingerprint density at radius 1 is 1.09 bits per heavy atom. The molecule has 0 unspecified atom stereocenters. The van der Waals surface area contributed by atoms with Crippen LogP contribution >= 0.6 is 0 Å². The van der Waals surface area contributed by atoms with Gasteiger partial charge in [0, 0.05) is 44.1 Å². The first kappa shape index (κ1) is 19.2. The van der Waals surface area contributed by atoms with Crippen molar-refractivity contribution in [3.63, 3.8) is 0 Å². The minimum atomic E-state index is -0.180. The van der Waals surface area contributed by atoms with E-state index in [-0.39, 0.29) is 12.1 Å². The van der Waals surface area contributed by atoms with Gasteiger partial charge in [-0.1, -0.05) is 11.2 Å².